The number of carbonyl (C=O) groups is 1. The first-order chi connectivity index (χ1) is 9.04. The predicted molar refractivity (Wildman–Crippen MR) is 71.3 cm³/mol. The molecule has 0 bridgehead atoms. The van der Waals surface area contributed by atoms with Crippen LogP contribution in [0, 0.1) is 0 Å². The minimum atomic E-state index is -3.71. The van der Waals surface area contributed by atoms with E-state index in [1.54, 1.807) is 12.1 Å². The van der Waals surface area contributed by atoms with Gasteiger partial charge in [-0.05, 0) is 11.6 Å². The predicted octanol–water partition coefficient (Wildman–Crippen LogP) is 0.0990. The molecule has 1 heterocycles. The topological polar surface area (TPSA) is 75.7 Å². The van der Waals surface area contributed by atoms with E-state index < -0.39 is 21.7 Å². The van der Waals surface area contributed by atoms with Crippen molar-refractivity contribution >= 4 is 21.7 Å². The Hall–Kier alpha value is -1.60. The molecule has 1 aromatic carbocycles. The molecule has 6 nitrogen and oxygen atoms in total. The molecular weight excluding hydrogens is 268 g/mol. The summed E-state index contributed by atoms with van der Waals surface area (Å²) in [5, 5.41) is 3.15. The lowest BCUT2D eigenvalue weighted by atomic mass is 10.2. The van der Waals surface area contributed by atoms with Crippen LogP contribution in [0.1, 0.15) is 5.56 Å². The minimum absolute atomic E-state index is 0.302. The third kappa shape index (κ3) is 3.05. The summed E-state index contributed by atoms with van der Waals surface area (Å²) in [6.45, 7) is 1.45. The van der Waals surface area contributed by atoms with Gasteiger partial charge in [0.25, 0.3) is 0 Å². The Morgan fingerprint density at radius 2 is 2.16 bits per heavy atom. The Labute approximate surface area is 112 Å². The number of anilines is 1. The maximum absolute atomic E-state index is 12.3. The van der Waals surface area contributed by atoms with Crippen LogP contribution < -0.4 is 9.62 Å². The van der Waals surface area contributed by atoms with Crippen molar-refractivity contribution in [3.63, 3.8) is 0 Å². The standard InChI is InChI=1S/C12H16N2O4S/c1-18-12(15)9-19(16,17)14-7-6-13-8-10-4-2-3-5-11(10)14/h2-5,13H,6-9H2,1H3. The Balaban J connectivity index is 2.36. The van der Waals surface area contributed by atoms with Crippen molar-refractivity contribution in [2.24, 2.45) is 0 Å². The van der Waals surface area contributed by atoms with Gasteiger partial charge in [-0.15, -0.1) is 0 Å². The summed E-state index contributed by atoms with van der Waals surface area (Å²) >= 11 is 0. The summed E-state index contributed by atoms with van der Waals surface area (Å²) in [6, 6.07) is 7.26. The molecule has 1 aliphatic rings. The highest BCUT2D eigenvalue weighted by Crippen LogP contribution is 2.24. The third-order valence-corrected chi connectivity index (χ3v) is 4.58. The van der Waals surface area contributed by atoms with Gasteiger partial charge in [0.05, 0.1) is 12.8 Å². The second kappa shape index (κ2) is 5.58. The maximum Gasteiger partial charge on any atom is 0.322 e. The van der Waals surface area contributed by atoms with Gasteiger partial charge in [-0.1, -0.05) is 18.2 Å². The van der Waals surface area contributed by atoms with Crippen molar-refractivity contribution in [1.82, 2.24) is 5.32 Å². The highest BCUT2D eigenvalue weighted by molar-refractivity contribution is 7.93. The van der Waals surface area contributed by atoms with E-state index in [2.05, 4.69) is 10.1 Å². The molecule has 0 aliphatic carbocycles. The van der Waals surface area contributed by atoms with Crippen LogP contribution in [-0.2, 0) is 26.1 Å². The van der Waals surface area contributed by atoms with Gasteiger partial charge in [0, 0.05) is 19.6 Å². The van der Waals surface area contributed by atoms with Gasteiger partial charge in [0.2, 0.25) is 10.0 Å². The number of hydrogen-bond donors (Lipinski definition) is 1. The van der Waals surface area contributed by atoms with E-state index in [4.69, 9.17) is 0 Å². The van der Waals surface area contributed by atoms with E-state index in [1.807, 2.05) is 12.1 Å². The Morgan fingerprint density at radius 3 is 2.89 bits per heavy atom. The molecule has 1 aliphatic heterocycles. The number of para-hydroxylation sites is 1. The van der Waals surface area contributed by atoms with E-state index in [-0.39, 0.29) is 0 Å². The fraction of sp³-hybridized carbons (Fsp3) is 0.417. The molecule has 0 aromatic heterocycles. The zero-order valence-corrected chi connectivity index (χ0v) is 11.4. The number of ether oxygens (including phenoxy) is 1. The average Bonchev–Trinajstić information content (AvgIpc) is 2.60. The van der Waals surface area contributed by atoms with E-state index in [9.17, 15) is 13.2 Å². The summed E-state index contributed by atoms with van der Waals surface area (Å²) in [5.74, 6) is -1.40. The number of rotatable bonds is 3. The first-order valence-electron chi connectivity index (χ1n) is 5.90. The lowest BCUT2D eigenvalue weighted by Gasteiger charge is -2.23. The summed E-state index contributed by atoms with van der Waals surface area (Å²) < 4.78 is 30.2. The molecule has 1 N–H and O–H groups in total. The Kier molecular flexibility index (Phi) is 4.06. The second-order valence-electron chi connectivity index (χ2n) is 4.21. The fourth-order valence-electron chi connectivity index (χ4n) is 2.00. The molecule has 2 rings (SSSR count). The molecule has 0 saturated heterocycles. The number of methoxy groups -OCH3 is 1. The van der Waals surface area contributed by atoms with Gasteiger partial charge in [-0.25, -0.2) is 8.42 Å². The third-order valence-electron chi connectivity index (χ3n) is 2.93. The van der Waals surface area contributed by atoms with E-state index >= 15 is 0 Å². The number of nitrogens with one attached hydrogen (secondary N) is 1. The molecule has 7 heteroatoms. The molecule has 0 radical (unpaired) electrons. The van der Waals surface area contributed by atoms with E-state index in [0.29, 0.717) is 25.3 Å². The number of esters is 1. The Morgan fingerprint density at radius 1 is 1.42 bits per heavy atom. The maximum atomic E-state index is 12.3. The number of nitrogens with zero attached hydrogens (tertiary/aromatic N) is 1. The molecule has 0 fully saturated rings. The molecule has 0 atom stereocenters. The van der Waals surface area contributed by atoms with Crippen LogP contribution in [0.15, 0.2) is 24.3 Å². The normalized spacial score (nSPS) is 15.5. The number of fused-ring (bicyclic) bond motifs is 1. The van der Waals surface area contributed by atoms with Crippen molar-refractivity contribution < 1.29 is 17.9 Å². The second-order valence-corrected chi connectivity index (χ2v) is 6.10. The summed E-state index contributed by atoms with van der Waals surface area (Å²) in [6.07, 6.45) is 0. The quantitative estimate of drug-likeness (QED) is 0.797. The van der Waals surface area contributed by atoms with Gasteiger partial charge in [0.1, 0.15) is 0 Å². The number of hydrogen-bond acceptors (Lipinski definition) is 5. The van der Waals surface area contributed by atoms with E-state index in [1.165, 1.54) is 11.4 Å². The molecule has 104 valence electrons. The SMILES string of the molecule is COC(=O)CS(=O)(=O)N1CCNCc2ccccc21. The average molecular weight is 284 g/mol. The monoisotopic (exact) mass is 284 g/mol. The van der Waals surface area contributed by atoms with Crippen LogP contribution in [0.5, 0.6) is 0 Å². The summed E-state index contributed by atoms with van der Waals surface area (Å²) in [5.41, 5.74) is 1.52. The van der Waals surface area contributed by atoms with Crippen molar-refractivity contribution in [3.8, 4) is 0 Å². The van der Waals surface area contributed by atoms with Crippen LogP contribution in [0.2, 0.25) is 0 Å². The number of sulfonamides is 1. The van der Waals surface area contributed by atoms with Gasteiger partial charge in [-0.2, -0.15) is 0 Å². The van der Waals surface area contributed by atoms with Crippen LogP contribution in [0.3, 0.4) is 0 Å². The zero-order chi connectivity index (χ0) is 13.9. The Bertz CT molecular complexity index is 571. The van der Waals surface area contributed by atoms with Gasteiger partial charge in [-0.3, -0.25) is 9.10 Å². The van der Waals surface area contributed by atoms with Crippen molar-refractivity contribution in [1.29, 1.82) is 0 Å². The zero-order valence-electron chi connectivity index (χ0n) is 10.6. The molecule has 0 amide bonds. The minimum Gasteiger partial charge on any atom is -0.468 e. The van der Waals surface area contributed by atoms with Crippen molar-refractivity contribution in [3.05, 3.63) is 29.8 Å². The molecule has 1 aromatic rings. The molecular formula is C12H16N2O4S. The van der Waals surface area contributed by atoms with Crippen LogP contribution in [0.25, 0.3) is 0 Å². The van der Waals surface area contributed by atoms with Crippen molar-refractivity contribution in [2.75, 3.05) is 30.3 Å². The van der Waals surface area contributed by atoms with Crippen LogP contribution in [0.4, 0.5) is 5.69 Å². The highest BCUT2D eigenvalue weighted by Gasteiger charge is 2.28. The first kappa shape index (κ1) is 13.8. The van der Waals surface area contributed by atoms with E-state index in [0.717, 1.165) is 5.56 Å². The fourth-order valence-corrected chi connectivity index (χ4v) is 3.42. The van der Waals surface area contributed by atoms with Crippen LogP contribution in [-0.4, -0.2) is 40.3 Å². The van der Waals surface area contributed by atoms with Gasteiger partial charge >= 0.3 is 5.97 Å². The lowest BCUT2D eigenvalue weighted by molar-refractivity contribution is -0.137. The number of benzene rings is 1. The summed E-state index contributed by atoms with van der Waals surface area (Å²) in [7, 11) is -2.54. The summed E-state index contributed by atoms with van der Waals surface area (Å²) in [4.78, 5) is 11.2. The largest absolute Gasteiger partial charge is 0.468 e. The van der Waals surface area contributed by atoms with Crippen molar-refractivity contribution in [2.45, 2.75) is 6.54 Å². The highest BCUT2D eigenvalue weighted by atomic mass is 32.2. The van der Waals surface area contributed by atoms with Crippen LogP contribution >= 0.6 is 0 Å². The van der Waals surface area contributed by atoms with Gasteiger partial charge < -0.3 is 10.1 Å². The first-order valence-corrected chi connectivity index (χ1v) is 7.51. The molecule has 0 unspecified atom stereocenters. The van der Waals surface area contributed by atoms with Gasteiger partial charge in [0.15, 0.2) is 5.75 Å². The number of carbonyl (C=O) groups excluding carboxylic acids is 1. The molecule has 19 heavy (non-hydrogen) atoms. The molecule has 0 saturated carbocycles. The lowest BCUT2D eigenvalue weighted by Crippen LogP contribution is -2.38. The smallest absolute Gasteiger partial charge is 0.322 e. The molecule has 0 spiro atoms.